The summed E-state index contributed by atoms with van der Waals surface area (Å²) in [6.07, 6.45) is 10.9. The summed E-state index contributed by atoms with van der Waals surface area (Å²) in [4.78, 5) is 0. The number of aliphatic hydroxyl groups excluding tert-OH is 1. The summed E-state index contributed by atoms with van der Waals surface area (Å²) in [7, 11) is 0. The molecular formula is C18H38O2. The maximum atomic E-state index is 9.03. The highest BCUT2D eigenvalue weighted by molar-refractivity contribution is 4.69. The second kappa shape index (κ2) is 9.78. The summed E-state index contributed by atoms with van der Waals surface area (Å²) in [6.45, 7) is 11.3. The van der Waals surface area contributed by atoms with Crippen LogP contribution in [0.3, 0.4) is 0 Å². The molecule has 0 rings (SSSR count). The van der Waals surface area contributed by atoms with Crippen LogP contribution in [0.4, 0.5) is 0 Å². The quantitative estimate of drug-likeness (QED) is 0.379. The molecule has 0 bridgehead atoms. The van der Waals surface area contributed by atoms with E-state index in [4.69, 9.17) is 10.2 Å². The van der Waals surface area contributed by atoms with Gasteiger partial charge in [0.1, 0.15) is 0 Å². The lowest BCUT2D eigenvalue weighted by Crippen LogP contribution is -2.20. The van der Waals surface area contributed by atoms with Gasteiger partial charge in [-0.1, -0.05) is 79.6 Å². The molecule has 0 aliphatic rings. The number of unbranched alkanes of at least 4 members (excludes halogenated alkanes) is 5. The van der Waals surface area contributed by atoms with E-state index in [1.807, 2.05) is 0 Å². The Morgan fingerprint density at radius 2 is 1.10 bits per heavy atom. The van der Waals surface area contributed by atoms with Crippen molar-refractivity contribution in [2.24, 2.45) is 10.8 Å². The number of aliphatic hydroxyl groups is 2. The largest absolute Gasteiger partial charge is 0.368 e. The minimum absolute atomic E-state index is 0.0549. The van der Waals surface area contributed by atoms with Gasteiger partial charge in [0.2, 0.25) is 0 Å². The van der Waals surface area contributed by atoms with E-state index in [2.05, 4.69) is 34.6 Å². The molecule has 0 aromatic rings. The minimum Gasteiger partial charge on any atom is -0.368 e. The zero-order valence-electron chi connectivity index (χ0n) is 14.5. The summed E-state index contributed by atoms with van der Waals surface area (Å²) in [6, 6.07) is 0. The Balaban J connectivity index is 3.45. The molecular weight excluding hydrogens is 248 g/mol. The fraction of sp³-hybridized carbons (Fsp3) is 1.00. The smallest absolute Gasteiger partial charge is 0.151 e. The lowest BCUT2D eigenvalue weighted by molar-refractivity contribution is -0.0688. The summed E-state index contributed by atoms with van der Waals surface area (Å²) in [5.41, 5.74) is 0.578. The Labute approximate surface area is 127 Å². The molecule has 0 unspecified atom stereocenters. The highest BCUT2D eigenvalue weighted by atomic mass is 16.5. The molecule has 122 valence electrons. The first kappa shape index (κ1) is 19.9. The Bertz CT molecular complexity index is 232. The maximum absolute atomic E-state index is 9.03. The zero-order chi connectivity index (χ0) is 15.6. The van der Waals surface area contributed by atoms with E-state index in [1.165, 1.54) is 51.4 Å². The van der Waals surface area contributed by atoms with Crippen molar-refractivity contribution in [1.82, 2.24) is 0 Å². The molecule has 0 saturated carbocycles. The average Bonchev–Trinajstić information content (AvgIpc) is 2.30. The Kier molecular flexibility index (Phi) is 9.74. The standard InChI is InChI=1S/C18H38O2/c1-6-17(2,3)13-11-9-7-8-10-12-14-18(4,5)15-16(19)20/h16,19-20H,6-15H2,1-5H3. The number of hydrogen-bond acceptors (Lipinski definition) is 2. The molecule has 0 fully saturated rings. The first-order chi connectivity index (χ1) is 9.18. The van der Waals surface area contributed by atoms with Gasteiger partial charge in [-0.05, 0) is 23.7 Å². The fourth-order valence-electron chi connectivity index (χ4n) is 2.69. The van der Waals surface area contributed by atoms with Crippen molar-refractivity contribution in [3.8, 4) is 0 Å². The molecule has 0 saturated heterocycles. The molecule has 0 aliphatic heterocycles. The molecule has 0 radical (unpaired) electrons. The summed E-state index contributed by atoms with van der Waals surface area (Å²) in [5.74, 6) is 0. The second-order valence-corrected chi connectivity index (χ2v) is 7.99. The third-order valence-electron chi connectivity index (χ3n) is 4.65. The van der Waals surface area contributed by atoms with Gasteiger partial charge < -0.3 is 10.2 Å². The van der Waals surface area contributed by atoms with Crippen LogP contribution in [0.25, 0.3) is 0 Å². The lowest BCUT2D eigenvalue weighted by Gasteiger charge is -2.25. The summed E-state index contributed by atoms with van der Waals surface area (Å²) >= 11 is 0. The number of hydrogen-bond donors (Lipinski definition) is 2. The van der Waals surface area contributed by atoms with Gasteiger partial charge in [0.05, 0.1) is 0 Å². The third kappa shape index (κ3) is 11.7. The van der Waals surface area contributed by atoms with Gasteiger partial charge in [-0.2, -0.15) is 0 Å². The van der Waals surface area contributed by atoms with Crippen molar-refractivity contribution in [3.05, 3.63) is 0 Å². The van der Waals surface area contributed by atoms with Gasteiger partial charge in [0.25, 0.3) is 0 Å². The van der Waals surface area contributed by atoms with Gasteiger partial charge in [-0.15, -0.1) is 0 Å². The van der Waals surface area contributed by atoms with Crippen molar-refractivity contribution >= 4 is 0 Å². The van der Waals surface area contributed by atoms with Gasteiger partial charge >= 0.3 is 0 Å². The van der Waals surface area contributed by atoms with Crippen molar-refractivity contribution in [3.63, 3.8) is 0 Å². The lowest BCUT2D eigenvalue weighted by atomic mass is 9.83. The number of rotatable bonds is 12. The van der Waals surface area contributed by atoms with Crippen molar-refractivity contribution in [2.75, 3.05) is 0 Å². The maximum Gasteiger partial charge on any atom is 0.151 e. The Morgan fingerprint density at radius 1 is 0.700 bits per heavy atom. The highest BCUT2D eigenvalue weighted by Gasteiger charge is 2.20. The van der Waals surface area contributed by atoms with E-state index in [0.29, 0.717) is 11.8 Å². The van der Waals surface area contributed by atoms with Crippen LogP contribution in [-0.4, -0.2) is 16.5 Å². The van der Waals surface area contributed by atoms with Crippen LogP contribution in [-0.2, 0) is 0 Å². The van der Waals surface area contributed by atoms with Crippen molar-refractivity contribution in [1.29, 1.82) is 0 Å². The summed E-state index contributed by atoms with van der Waals surface area (Å²) in [5, 5.41) is 18.1. The predicted molar refractivity (Wildman–Crippen MR) is 87.6 cm³/mol. The molecule has 0 aromatic heterocycles. The molecule has 0 heterocycles. The van der Waals surface area contributed by atoms with E-state index in [-0.39, 0.29) is 5.41 Å². The van der Waals surface area contributed by atoms with Crippen LogP contribution in [0.15, 0.2) is 0 Å². The van der Waals surface area contributed by atoms with E-state index in [0.717, 1.165) is 6.42 Å². The molecule has 0 amide bonds. The van der Waals surface area contributed by atoms with E-state index >= 15 is 0 Å². The predicted octanol–water partition coefficient (Wildman–Crippen LogP) is 5.27. The first-order valence-corrected chi connectivity index (χ1v) is 8.55. The van der Waals surface area contributed by atoms with Gasteiger partial charge in [0.15, 0.2) is 6.29 Å². The minimum atomic E-state index is -1.16. The van der Waals surface area contributed by atoms with E-state index in [1.54, 1.807) is 0 Å². The monoisotopic (exact) mass is 286 g/mol. The van der Waals surface area contributed by atoms with Gasteiger partial charge in [-0.3, -0.25) is 0 Å². The SMILES string of the molecule is CCC(C)(C)CCCCCCCCC(C)(C)CC(O)O. The normalized spacial score (nSPS) is 13.2. The van der Waals surface area contributed by atoms with E-state index < -0.39 is 6.29 Å². The molecule has 20 heavy (non-hydrogen) atoms. The molecule has 2 nitrogen and oxygen atoms in total. The van der Waals surface area contributed by atoms with Gasteiger partial charge in [-0.25, -0.2) is 0 Å². The second-order valence-electron chi connectivity index (χ2n) is 7.99. The molecule has 2 heteroatoms. The topological polar surface area (TPSA) is 40.5 Å². The van der Waals surface area contributed by atoms with Crippen LogP contribution in [0, 0.1) is 10.8 Å². The third-order valence-corrected chi connectivity index (χ3v) is 4.65. The molecule has 0 spiro atoms. The van der Waals surface area contributed by atoms with Crippen LogP contribution in [0.2, 0.25) is 0 Å². The van der Waals surface area contributed by atoms with Crippen molar-refractivity contribution in [2.45, 2.75) is 105 Å². The summed E-state index contributed by atoms with van der Waals surface area (Å²) < 4.78 is 0. The van der Waals surface area contributed by atoms with Gasteiger partial charge in [0, 0.05) is 6.42 Å². The Hall–Kier alpha value is -0.0800. The van der Waals surface area contributed by atoms with Crippen LogP contribution in [0.5, 0.6) is 0 Å². The molecule has 2 N–H and O–H groups in total. The Morgan fingerprint density at radius 3 is 1.50 bits per heavy atom. The van der Waals surface area contributed by atoms with Crippen LogP contribution in [0.1, 0.15) is 98.8 Å². The average molecular weight is 286 g/mol. The molecule has 0 aromatic carbocycles. The highest BCUT2D eigenvalue weighted by Crippen LogP contribution is 2.29. The van der Waals surface area contributed by atoms with Crippen LogP contribution >= 0.6 is 0 Å². The fourth-order valence-corrected chi connectivity index (χ4v) is 2.69. The first-order valence-electron chi connectivity index (χ1n) is 8.55. The van der Waals surface area contributed by atoms with Crippen molar-refractivity contribution < 1.29 is 10.2 Å². The zero-order valence-corrected chi connectivity index (χ0v) is 14.5. The van der Waals surface area contributed by atoms with Crippen LogP contribution < -0.4 is 0 Å². The molecule has 0 atom stereocenters. The van der Waals surface area contributed by atoms with E-state index in [9.17, 15) is 0 Å². The molecule has 0 aliphatic carbocycles.